The third-order valence-corrected chi connectivity index (χ3v) is 7.60. The van der Waals surface area contributed by atoms with Crippen molar-refractivity contribution < 1.29 is 33.9 Å². The summed E-state index contributed by atoms with van der Waals surface area (Å²) in [6.45, 7) is 5.56. The number of nitrogens with zero attached hydrogens (tertiary/aromatic N) is 4. The highest BCUT2D eigenvalue weighted by Crippen LogP contribution is 2.29. The normalized spacial score (nSPS) is 18.4. The van der Waals surface area contributed by atoms with Gasteiger partial charge in [-0.3, -0.25) is 19.2 Å². The molecule has 1 aromatic rings. The molecule has 5 unspecified atom stereocenters. The molecular formula is C28H47N9O7. The van der Waals surface area contributed by atoms with Crippen LogP contribution in [0.5, 0.6) is 0 Å². The number of aldehydes is 1. The average Bonchev–Trinajstić information content (AvgIpc) is 3.65. The summed E-state index contributed by atoms with van der Waals surface area (Å²) in [4.78, 5) is 76.3. The van der Waals surface area contributed by atoms with Gasteiger partial charge >= 0.3 is 5.97 Å². The van der Waals surface area contributed by atoms with E-state index >= 15 is 0 Å². The number of likely N-dealkylation sites (N-methyl/N-ethyl adjacent to an activating group) is 1. The molecule has 0 aromatic carbocycles. The van der Waals surface area contributed by atoms with Crippen molar-refractivity contribution in [2.45, 2.75) is 89.5 Å². The molecule has 0 aliphatic carbocycles. The van der Waals surface area contributed by atoms with Crippen LogP contribution in [-0.2, 0) is 35.2 Å². The maximum atomic E-state index is 13.9. The SMILES string of the molecule is CNCCCCC(NC(=O)CNC(=O)C1CC(n2cc(CCC=O)nn2)CN1C(=O)C(NC(=O)C(C)NC)C(C)C)C(=O)O. The van der Waals surface area contributed by atoms with Gasteiger partial charge in [-0.15, -0.1) is 5.10 Å². The summed E-state index contributed by atoms with van der Waals surface area (Å²) in [5, 5.41) is 31.3. The number of amides is 4. The number of rotatable bonds is 19. The number of hydrogen-bond acceptors (Lipinski definition) is 10. The first-order valence-electron chi connectivity index (χ1n) is 15.0. The Morgan fingerprint density at radius 3 is 2.45 bits per heavy atom. The first-order valence-corrected chi connectivity index (χ1v) is 15.0. The van der Waals surface area contributed by atoms with Gasteiger partial charge in [0.2, 0.25) is 23.6 Å². The highest BCUT2D eigenvalue weighted by atomic mass is 16.4. The molecule has 1 aliphatic rings. The molecule has 1 aromatic heterocycles. The van der Waals surface area contributed by atoms with Crippen LogP contribution in [0.4, 0.5) is 0 Å². The number of hydrogen-bond donors (Lipinski definition) is 6. The van der Waals surface area contributed by atoms with E-state index in [4.69, 9.17) is 0 Å². The highest BCUT2D eigenvalue weighted by molar-refractivity contribution is 5.95. The van der Waals surface area contributed by atoms with Crippen LogP contribution in [0.25, 0.3) is 0 Å². The molecule has 2 heterocycles. The molecule has 4 amide bonds. The first-order chi connectivity index (χ1) is 20.9. The van der Waals surface area contributed by atoms with Crippen molar-refractivity contribution in [2.24, 2.45) is 5.92 Å². The van der Waals surface area contributed by atoms with E-state index in [-0.39, 0.29) is 37.6 Å². The van der Waals surface area contributed by atoms with Crippen molar-refractivity contribution in [1.29, 1.82) is 0 Å². The molecule has 1 saturated heterocycles. The van der Waals surface area contributed by atoms with E-state index in [0.29, 0.717) is 18.5 Å². The quantitative estimate of drug-likeness (QED) is 0.0762. The molecule has 44 heavy (non-hydrogen) atoms. The number of carboxylic acids is 1. The molecular weight excluding hydrogens is 574 g/mol. The number of nitrogens with one attached hydrogen (secondary N) is 5. The van der Waals surface area contributed by atoms with Crippen LogP contribution in [0.3, 0.4) is 0 Å². The lowest BCUT2D eigenvalue weighted by Gasteiger charge is -2.31. The Morgan fingerprint density at radius 1 is 1.11 bits per heavy atom. The molecule has 0 bridgehead atoms. The molecule has 246 valence electrons. The summed E-state index contributed by atoms with van der Waals surface area (Å²) >= 11 is 0. The highest BCUT2D eigenvalue weighted by Gasteiger charge is 2.44. The fourth-order valence-corrected chi connectivity index (χ4v) is 4.85. The lowest BCUT2D eigenvalue weighted by Crippen LogP contribution is -2.57. The number of aryl methyl sites for hydroxylation is 1. The first kappa shape index (κ1) is 36.3. The van der Waals surface area contributed by atoms with Gasteiger partial charge in [-0.1, -0.05) is 19.1 Å². The predicted molar refractivity (Wildman–Crippen MR) is 159 cm³/mol. The van der Waals surface area contributed by atoms with Gasteiger partial charge in [-0.2, -0.15) is 0 Å². The minimum atomic E-state index is -1.17. The summed E-state index contributed by atoms with van der Waals surface area (Å²) < 4.78 is 1.55. The van der Waals surface area contributed by atoms with Crippen LogP contribution in [0.2, 0.25) is 0 Å². The molecule has 16 nitrogen and oxygen atoms in total. The van der Waals surface area contributed by atoms with Crippen molar-refractivity contribution in [3.63, 3.8) is 0 Å². The van der Waals surface area contributed by atoms with E-state index in [0.717, 1.165) is 19.3 Å². The Bertz CT molecular complexity index is 1140. The molecule has 1 aliphatic heterocycles. The zero-order valence-corrected chi connectivity index (χ0v) is 26.2. The van der Waals surface area contributed by atoms with Gasteiger partial charge in [0.15, 0.2) is 0 Å². The monoisotopic (exact) mass is 621 g/mol. The zero-order chi connectivity index (χ0) is 32.8. The Hall–Kier alpha value is -3.92. The smallest absolute Gasteiger partial charge is 0.326 e. The largest absolute Gasteiger partial charge is 0.480 e. The van der Waals surface area contributed by atoms with Crippen molar-refractivity contribution in [1.82, 2.24) is 46.5 Å². The van der Waals surface area contributed by atoms with Crippen molar-refractivity contribution in [2.75, 3.05) is 33.7 Å². The van der Waals surface area contributed by atoms with E-state index in [1.165, 1.54) is 4.90 Å². The van der Waals surface area contributed by atoms with Crippen LogP contribution in [0.1, 0.15) is 64.6 Å². The van der Waals surface area contributed by atoms with Gasteiger partial charge in [0, 0.05) is 25.6 Å². The second kappa shape index (κ2) is 18.0. The second-order valence-electron chi connectivity index (χ2n) is 11.3. The topological polar surface area (TPSA) is 217 Å². The van der Waals surface area contributed by atoms with Gasteiger partial charge in [0.25, 0.3) is 0 Å². The number of carbonyl (C=O) groups is 6. The minimum Gasteiger partial charge on any atom is -0.480 e. The van der Waals surface area contributed by atoms with Crippen molar-refractivity contribution in [3.05, 3.63) is 11.9 Å². The Kier molecular flexibility index (Phi) is 14.9. The molecule has 0 radical (unpaired) electrons. The Labute approximate surface area is 257 Å². The van der Waals surface area contributed by atoms with Gasteiger partial charge in [0.1, 0.15) is 24.4 Å². The summed E-state index contributed by atoms with van der Waals surface area (Å²) in [6, 6.07) is -4.00. The molecule has 6 N–H and O–H groups in total. The van der Waals surface area contributed by atoms with Gasteiger partial charge in [0.05, 0.1) is 24.3 Å². The summed E-state index contributed by atoms with van der Waals surface area (Å²) in [5.74, 6) is -3.57. The Balaban J connectivity index is 2.20. The van der Waals surface area contributed by atoms with E-state index in [1.807, 2.05) is 0 Å². The lowest BCUT2D eigenvalue weighted by atomic mass is 10.0. The number of likely N-dealkylation sites (tertiary alicyclic amines) is 1. The van der Waals surface area contributed by atoms with Crippen LogP contribution < -0.4 is 26.6 Å². The van der Waals surface area contributed by atoms with E-state index in [1.54, 1.807) is 45.7 Å². The third-order valence-electron chi connectivity index (χ3n) is 7.60. The second-order valence-corrected chi connectivity index (χ2v) is 11.3. The summed E-state index contributed by atoms with van der Waals surface area (Å²) in [5.41, 5.74) is 0.590. The number of carbonyl (C=O) groups excluding carboxylic acids is 5. The minimum absolute atomic E-state index is 0.0912. The number of unbranched alkanes of at least 4 members (excludes halogenated alkanes) is 1. The van der Waals surface area contributed by atoms with Crippen LogP contribution >= 0.6 is 0 Å². The number of carboxylic acid groups (broad SMARTS) is 1. The lowest BCUT2D eigenvalue weighted by molar-refractivity contribution is -0.143. The number of aromatic nitrogens is 3. The number of aliphatic carboxylic acids is 1. The fourth-order valence-electron chi connectivity index (χ4n) is 4.85. The Morgan fingerprint density at radius 2 is 1.84 bits per heavy atom. The molecule has 5 atom stereocenters. The van der Waals surface area contributed by atoms with E-state index in [2.05, 4.69) is 36.9 Å². The van der Waals surface area contributed by atoms with Crippen LogP contribution in [-0.4, -0.2) is 119 Å². The molecule has 0 saturated carbocycles. The van der Waals surface area contributed by atoms with Crippen LogP contribution in [0.15, 0.2) is 6.20 Å². The predicted octanol–water partition coefficient (Wildman–Crippen LogP) is -1.62. The van der Waals surface area contributed by atoms with E-state index < -0.39 is 60.4 Å². The fraction of sp³-hybridized carbons (Fsp3) is 0.714. The van der Waals surface area contributed by atoms with E-state index in [9.17, 15) is 33.9 Å². The third kappa shape index (κ3) is 10.7. The zero-order valence-electron chi connectivity index (χ0n) is 26.2. The summed E-state index contributed by atoms with van der Waals surface area (Å²) in [7, 11) is 3.42. The molecule has 1 fully saturated rings. The van der Waals surface area contributed by atoms with Crippen LogP contribution in [0, 0.1) is 5.92 Å². The maximum Gasteiger partial charge on any atom is 0.326 e. The van der Waals surface area contributed by atoms with Crippen molar-refractivity contribution >= 4 is 35.9 Å². The van der Waals surface area contributed by atoms with Crippen molar-refractivity contribution in [3.8, 4) is 0 Å². The maximum absolute atomic E-state index is 13.9. The summed E-state index contributed by atoms with van der Waals surface area (Å²) in [6.07, 6.45) is 4.86. The standard InChI is InChI=1S/C28H47N9O7/c1-17(2)24(33-25(40)18(3)30-5)27(42)36-16-20(37-15-19(34-35-37)9-8-12-38)13-22(36)26(41)31-14-23(39)32-21(28(43)44)10-6-7-11-29-4/h12,15,17-18,20-22,24,29-30H,6-11,13-14,16H2,1-5H3,(H,31,41)(H,32,39)(H,33,40)(H,43,44). The molecule has 0 spiro atoms. The molecule has 2 rings (SSSR count). The molecule has 16 heteroatoms. The van der Waals surface area contributed by atoms with Gasteiger partial charge in [-0.05, 0) is 59.2 Å². The van der Waals surface area contributed by atoms with Gasteiger partial charge < -0.3 is 41.4 Å². The average molecular weight is 622 g/mol. The van der Waals surface area contributed by atoms with Gasteiger partial charge in [-0.25, -0.2) is 9.48 Å².